The highest BCUT2D eigenvalue weighted by molar-refractivity contribution is 14.1. The van der Waals surface area contributed by atoms with Crippen molar-refractivity contribution in [3.63, 3.8) is 0 Å². The standard InChI is InChI=1S/C14H10FIN2/c15-11-5-2-1-4-10(11)8-18-9-12(16)14-13(18)6-3-7-17-14/h1-7,9H,8H2. The van der Waals surface area contributed by atoms with Gasteiger partial charge in [0, 0.05) is 18.0 Å². The van der Waals surface area contributed by atoms with Crippen LogP contribution in [0.15, 0.2) is 48.8 Å². The molecule has 0 N–H and O–H groups in total. The van der Waals surface area contributed by atoms with Crippen LogP contribution in [0.2, 0.25) is 0 Å². The van der Waals surface area contributed by atoms with Crippen molar-refractivity contribution in [1.82, 2.24) is 9.55 Å². The van der Waals surface area contributed by atoms with Gasteiger partial charge in [-0.2, -0.15) is 0 Å². The molecule has 3 rings (SSSR count). The molecular weight excluding hydrogens is 342 g/mol. The molecule has 4 heteroatoms. The van der Waals surface area contributed by atoms with Crippen LogP contribution in [0.1, 0.15) is 5.56 Å². The van der Waals surface area contributed by atoms with Crippen LogP contribution in [0.3, 0.4) is 0 Å². The first-order valence-electron chi connectivity index (χ1n) is 5.58. The minimum atomic E-state index is -0.168. The van der Waals surface area contributed by atoms with Crippen LogP contribution >= 0.6 is 22.6 Å². The molecule has 3 aromatic rings. The molecule has 0 aliphatic carbocycles. The molecule has 2 aromatic heterocycles. The Hall–Kier alpha value is -1.43. The van der Waals surface area contributed by atoms with Crippen LogP contribution in [0.25, 0.3) is 11.0 Å². The van der Waals surface area contributed by atoms with E-state index in [-0.39, 0.29) is 5.82 Å². The average Bonchev–Trinajstić information content (AvgIpc) is 2.70. The summed E-state index contributed by atoms with van der Waals surface area (Å²) in [5, 5.41) is 0. The normalized spacial score (nSPS) is 11.0. The van der Waals surface area contributed by atoms with Gasteiger partial charge in [0.15, 0.2) is 0 Å². The van der Waals surface area contributed by atoms with Crippen molar-refractivity contribution in [3.05, 3.63) is 63.7 Å². The van der Waals surface area contributed by atoms with Gasteiger partial charge in [0.05, 0.1) is 15.6 Å². The van der Waals surface area contributed by atoms with Crippen LogP contribution in [0.5, 0.6) is 0 Å². The Kier molecular flexibility index (Phi) is 3.03. The lowest BCUT2D eigenvalue weighted by Crippen LogP contribution is -2.00. The monoisotopic (exact) mass is 352 g/mol. The third kappa shape index (κ3) is 2.01. The zero-order valence-corrected chi connectivity index (χ0v) is 11.6. The maximum atomic E-state index is 13.7. The van der Waals surface area contributed by atoms with Gasteiger partial charge in [-0.15, -0.1) is 0 Å². The van der Waals surface area contributed by atoms with Crippen LogP contribution in [-0.2, 0) is 6.54 Å². The third-order valence-corrected chi connectivity index (χ3v) is 3.68. The number of rotatable bonds is 2. The molecule has 0 radical (unpaired) electrons. The fourth-order valence-corrected chi connectivity index (χ4v) is 2.77. The predicted molar refractivity (Wildman–Crippen MR) is 78.0 cm³/mol. The molecule has 0 spiro atoms. The summed E-state index contributed by atoms with van der Waals surface area (Å²) in [6, 6.07) is 10.8. The van der Waals surface area contributed by atoms with E-state index in [2.05, 4.69) is 27.6 Å². The summed E-state index contributed by atoms with van der Waals surface area (Å²) in [4.78, 5) is 4.34. The van der Waals surface area contributed by atoms with Crippen LogP contribution < -0.4 is 0 Å². The Morgan fingerprint density at radius 2 is 2.00 bits per heavy atom. The van der Waals surface area contributed by atoms with E-state index in [1.807, 2.05) is 35.0 Å². The second-order valence-corrected chi connectivity index (χ2v) is 5.23. The first-order chi connectivity index (χ1) is 8.75. The first kappa shape index (κ1) is 11.6. The van der Waals surface area contributed by atoms with Crippen molar-refractivity contribution in [2.24, 2.45) is 0 Å². The van der Waals surface area contributed by atoms with Gasteiger partial charge in [-0.05, 0) is 40.8 Å². The maximum absolute atomic E-state index is 13.7. The predicted octanol–water partition coefficient (Wildman–Crippen LogP) is 3.83. The van der Waals surface area contributed by atoms with Crippen LogP contribution in [-0.4, -0.2) is 9.55 Å². The summed E-state index contributed by atoms with van der Waals surface area (Å²) < 4.78 is 16.8. The highest BCUT2D eigenvalue weighted by Crippen LogP contribution is 2.22. The molecule has 0 atom stereocenters. The summed E-state index contributed by atoms with van der Waals surface area (Å²) in [7, 11) is 0. The Balaban J connectivity index is 2.08. The zero-order chi connectivity index (χ0) is 12.5. The number of fused-ring (bicyclic) bond motifs is 1. The molecule has 2 heterocycles. The molecular formula is C14H10FIN2. The quantitative estimate of drug-likeness (QED) is 0.641. The SMILES string of the molecule is Fc1ccccc1Cn1cc(I)c2ncccc21. The minimum Gasteiger partial charge on any atom is -0.341 e. The summed E-state index contributed by atoms with van der Waals surface area (Å²) in [6.45, 7) is 0.526. The lowest BCUT2D eigenvalue weighted by atomic mass is 10.2. The Morgan fingerprint density at radius 1 is 1.17 bits per heavy atom. The van der Waals surface area contributed by atoms with E-state index in [0.717, 1.165) is 14.6 Å². The number of benzene rings is 1. The van der Waals surface area contributed by atoms with Crippen molar-refractivity contribution in [2.45, 2.75) is 6.54 Å². The van der Waals surface area contributed by atoms with E-state index < -0.39 is 0 Å². The second kappa shape index (κ2) is 4.68. The number of hydrogen-bond donors (Lipinski definition) is 0. The molecule has 0 aliphatic heterocycles. The number of nitrogens with zero attached hydrogens (tertiary/aromatic N) is 2. The van der Waals surface area contributed by atoms with Crippen molar-refractivity contribution in [1.29, 1.82) is 0 Å². The molecule has 18 heavy (non-hydrogen) atoms. The van der Waals surface area contributed by atoms with Gasteiger partial charge >= 0.3 is 0 Å². The average molecular weight is 352 g/mol. The molecule has 0 fully saturated rings. The van der Waals surface area contributed by atoms with E-state index in [1.54, 1.807) is 12.3 Å². The van der Waals surface area contributed by atoms with Gasteiger partial charge in [-0.3, -0.25) is 4.98 Å². The highest BCUT2D eigenvalue weighted by Gasteiger charge is 2.08. The molecule has 1 aromatic carbocycles. The van der Waals surface area contributed by atoms with Gasteiger partial charge in [0.25, 0.3) is 0 Å². The number of halogens is 2. The van der Waals surface area contributed by atoms with Gasteiger partial charge in [0.2, 0.25) is 0 Å². The molecule has 0 bridgehead atoms. The molecule has 2 nitrogen and oxygen atoms in total. The summed E-state index contributed by atoms with van der Waals surface area (Å²) >= 11 is 2.25. The lowest BCUT2D eigenvalue weighted by Gasteiger charge is -2.06. The van der Waals surface area contributed by atoms with E-state index in [1.165, 1.54) is 6.07 Å². The van der Waals surface area contributed by atoms with Crippen molar-refractivity contribution in [3.8, 4) is 0 Å². The van der Waals surface area contributed by atoms with E-state index in [4.69, 9.17) is 0 Å². The molecule has 90 valence electrons. The molecule has 0 amide bonds. The van der Waals surface area contributed by atoms with Crippen LogP contribution in [0.4, 0.5) is 4.39 Å². The van der Waals surface area contributed by atoms with E-state index >= 15 is 0 Å². The van der Waals surface area contributed by atoms with Gasteiger partial charge in [-0.1, -0.05) is 18.2 Å². The third-order valence-electron chi connectivity index (χ3n) is 2.89. The fourth-order valence-electron chi connectivity index (χ4n) is 2.02. The fraction of sp³-hybridized carbons (Fsp3) is 0.0714. The largest absolute Gasteiger partial charge is 0.341 e. The Bertz CT molecular complexity index is 706. The minimum absolute atomic E-state index is 0.168. The smallest absolute Gasteiger partial charge is 0.128 e. The van der Waals surface area contributed by atoms with Crippen LogP contribution in [0, 0.1) is 9.39 Å². The van der Waals surface area contributed by atoms with Gasteiger partial charge in [0.1, 0.15) is 11.3 Å². The molecule has 0 saturated carbocycles. The Labute approximate surface area is 118 Å². The van der Waals surface area contributed by atoms with Crippen molar-refractivity contribution < 1.29 is 4.39 Å². The van der Waals surface area contributed by atoms with Crippen molar-refractivity contribution in [2.75, 3.05) is 0 Å². The van der Waals surface area contributed by atoms with Crippen molar-refractivity contribution >= 4 is 33.6 Å². The number of pyridine rings is 1. The van der Waals surface area contributed by atoms with Gasteiger partial charge in [-0.25, -0.2) is 4.39 Å². The summed E-state index contributed by atoms with van der Waals surface area (Å²) in [5.41, 5.74) is 2.69. The number of hydrogen-bond acceptors (Lipinski definition) is 1. The summed E-state index contributed by atoms with van der Waals surface area (Å²) in [6.07, 6.45) is 3.78. The molecule has 0 unspecified atom stereocenters. The summed E-state index contributed by atoms with van der Waals surface area (Å²) in [5.74, 6) is -0.168. The molecule has 0 aliphatic rings. The Morgan fingerprint density at radius 3 is 2.83 bits per heavy atom. The highest BCUT2D eigenvalue weighted by atomic mass is 127. The second-order valence-electron chi connectivity index (χ2n) is 4.07. The number of aromatic nitrogens is 2. The lowest BCUT2D eigenvalue weighted by molar-refractivity contribution is 0.602. The molecule has 0 saturated heterocycles. The topological polar surface area (TPSA) is 17.8 Å². The van der Waals surface area contributed by atoms with E-state index in [0.29, 0.717) is 12.1 Å². The zero-order valence-electron chi connectivity index (χ0n) is 9.48. The van der Waals surface area contributed by atoms with E-state index in [9.17, 15) is 4.39 Å². The maximum Gasteiger partial charge on any atom is 0.128 e. The van der Waals surface area contributed by atoms with Gasteiger partial charge < -0.3 is 4.57 Å². The first-order valence-corrected chi connectivity index (χ1v) is 6.66.